The van der Waals surface area contributed by atoms with Crippen LogP contribution >= 0.6 is 0 Å². The first-order valence-corrected chi connectivity index (χ1v) is 5.93. The van der Waals surface area contributed by atoms with E-state index in [1.807, 2.05) is 0 Å². The van der Waals surface area contributed by atoms with Crippen LogP contribution in [0.1, 0.15) is 55.6 Å². The summed E-state index contributed by atoms with van der Waals surface area (Å²) < 4.78 is 2.20. The zero-order chi connectivity index (χ0) is 11.0. The van der Waals surface area contributed by atoms with Crippen molar-refractivity contribution in [2.24, 2.45) is 5.73 Å². The molecule has 0 aliphatic heterocycles. The van der Waals surface area contributed by atoms with Crippen LogP contribution in [0.2, 0.25) is 0 Å². The first-order valence-electron chi connectivity index (χ1n) is 5.93. The van der Waals surface area contributed by atoms with Gasteiger partial charge in [-0.3, -0.25) is 4.68 Å². The van der Waals surface area contributed by atoms with Gasteiger partial charge in [-0.1, -0.05) is 0 Å². The molecule has 3 nitrogen and oxygen atoms in total. The van der Waals surface area contributed by atoms with Gasteiger partial charge < -0.3 is 5.73 Å². The molecule has 1 heterocycles. The average molecular weight is 207 g/mol. The van der Waals surface area contributed by atoms with Gasteiger partial charge in [-0.25, -0.2) is 0 Å². The summed E-state index contributed by atoms with van der Waals surface area (Å²) in [5.41, 5.74) is 9.83. The Morgan fingerprint density at radius 3 is 2.87 bits per heavy atom. The lowest BCUT2D eigenvalue weighted by molar-refractivity contribution is 0.504. The number of nitrogens with two attached hydrogens (primary N) is 1. The second-order valence-electron chi connectivity index (χ2n) is 4.80. The molecule has 1 atom stereocenters. The normalized spacial score (nSPS) is 19.9. The number of nitrogens with zero attached hydrogens (tertiary/aromatic N) is 2. The molecule has 2 N–H and O–H groups in total. The van der Waals surface area contributed by atoms with Gasteiger partial charge in [0.05, 0.1) is 5.69 Å². The maximum Gasteiger partial charge on any atom is 0.0631 e. The molecule has 0 spiro atoms. The van der Waals surface area contributed by atoms with Gasteiger partial charge in [0.1, 0.15) is 0 Å². The van der Waals surface area contributed by atoms with Crippen LogP contribution < -0.4 is 5.73 Å². The van der Waals surface area contributed by atoms with Crippen LogP contribution in [0, 0.1) is 6.92 Å². The highest BCUT2D eigenvalue weighted by Crippen LogP contribution is 2.38. The highest BCUT2D eigenvalue weighted by Gasteiger charge is 2.29. The summed E-state index contributed by atoms with van der Waals surface area (Å²) in [6.45, 7) is 7.31. The molecule has 1 aliphatic carbocycles. The van der Waals surface area contributed by atoms with Crippen molar-refractivity contribution in [3.63, 3.8) is 0 Å². The van der Waals surface area contributed by atoms with Gasteiger partial charge in [-0.15, -0.1) is 0 Å². The van der Waals surface area contributed by atoms with E-state index >= 15 is 0 Å². The van der Waals surface area contributed by atoms with Gasteiger partial charge >= 0.3 is 0 Å². The van der Waals surface area contributed by atoms with Crippen LogP contribution in [0.4, 0.5) is 0 Å². The fourth-order valence-electron chi connectivity index (χ4n) is 2.76. The van der Waals surface area contributed by atoms with Crippen molar-refractivity contribution in [3.8, 4) is 0 Å². The molecule has 0 bridgehead atoms. The summed E-state index contributed by atoms with van der Waals surface area (Å²) in [4.78, 5) is 0. The first-order chi connectivity index (χ1) is 7.15. The summed E-state index contributed by atoms with van der Waals surface area (Å²) in [5.74, 6) is 0.664. The number of aryl methyl sites for hydroxylation is 1. The van der Waals surface area contributed by atoms with Crippen molar-refractivity contribution < 1.29 is 0 Å². The van der Waals surface area contributed by atoms with Crippen LogP contribution in [-0.2, 0) is 6.42 Å². The molecule has 15 heavy (non-hydrogen) atoms. The second kappa shape index (κ2) is 3.97. The summed E-state index contributed by atoms with van der Waals surface area (Å²) in [6.07, 6.45) is 3.55. The molecule has 0 fully saturated rings. The minimum atomic E-state index is 0.476. The van der Waals surface area contributed by atoms with Gasteiger partial charge in [0.15, 0.2) is 0 Å². The molecule has 1 aromatic rings. The Labute approximate surface area is 91.7 Å². The van der Waals surface area contributed by atoms with Crippen LogP contribution in [0.5, 0.6) is 0 Å². The van der Waals surface area contributed by atoms with E-state index in [4.69, 9.17) is 5.73 Å². The minimum Gasteiger partial charge on any atom is -0.330 e. The summed E-state index contributed by atoms with van der Waals surface area (Å²) in [7, 11) is 0. The first kappa shape index (κ1) is 10.7. The van der Waals surface area contributed by atoms with Crippen molar-refractivity contribution in [2.75, 3.05) is 6.54 Å². The van der Waals surface area contributed by atoms with E-state index in [0.29, 0.717) is 12.0 Å². The lowest BCUT2D eigenvalue weighted by Crippen LogP contribution is -2.06. The van der Waals surface area contributed by atoms with E-state index in [0.717, 1.165) is 13.0 Å². The Morgan fingerprint density at radius 2 is 2.27 bits per heavy atom. The Bertz CT molecular complexity index is 352. The molecule has 84 valence electrons. The fraction of sp³-hybridized carbons (Fsp3) is 0.750. The Hall–Kier alpha value is -0.830. The molecule has 1 aliphatic rings. The van der Waals surface area contributed by atoms with Crippen molar-refractivity contribution in [3.05, 3.63) is 17.0 Å². The smallest absolute Gasteiger partial charge is 0.0631 e. The van der Waals surface area contributed by atoms with Crippen molar-refractivity contribution in [2.45, 2.75) is 52.0 Å². The predicted molar refractivity (Wildman–Crippen MR) is 62.1 cm³/mol. The zero-order valence-electron chi connectivity index (χ0n) is 9.95. The molecule has 3 heteroatoms. The van der Waals surface area contributed by atoms with E-state index in [1.54, 1.807) is 0 Å². The van der Waals surface area contributed by atoms with Crippen LogP contribution in [-0.4, -0.2) is 16.3 Å². The van der Waals surface area contributed by atoms with Gasteiger partial charge in [0.2, 0.25) is 0 Å². The highest BCUT2D eigenvalue weighted by atomic mass is 15.3. The molecule has 0 saturated heterocycles. The van der Waals surface area contributed by atoms with E-state index in [9.17, 15) is 0 Å². The minimum absolute atomic E-state index is 0.476. The topological polar surface area (TPSA) is 43.8 Å². The fourth-order valence-corrected chi connectivity index (χ4v) is 2.76. The standard InChI is InChI=1S/C12H21N3/c1-8(2)15-11-5-4-10(6-7-13)12(11)9(3)14-15/h8,10H,4-7,13H2,1-3H3. The second-order valence-corrected chi connectivity index (χ2v) is 4.80. The molecule has 0 saturated carbocycles. The van der Waals surface area contributed by atoms with Crippen LogP contribution in [0.3, 0.4) is 0 Å². The van der Waals surface area contributed by atoms with E-state index in [1.165, 1.54) is 29.8 Å². The number of rotatable bonds is 3. The maximum atomic E-state index is 5.65. The quantitative estimate of drug-likeness (QED) is 0.825. The maximum absolute atomic E-state index is 5.65. The lowest BCUT2D eigenvalue weighted by atomic mass is 9.98. The molecular weight excluding hydrogens is 186 g/mol. The van der Waals surface area contributed by atoms with E-state index < -0.39 is 0 Å². The Kier molecular flexibility index (Phi) is 2.83. The van der Waals surface area contributed by atoms with Crippen molar-refractivity contribution in [1.29, 1.82) is 0 Å². The Balaban J connectivity index is 2.37. The highest BCUT2D eigenvalue weighted by molar-refractivity contribution is 5.34. The summed E-state index contributed by atoms with van der Waals surface area (Å²) >= 11 is 0. The third-order valence-corrected chi connectivity index (χ3v) is 3.38. The summed E-state index contributed by atoms with van der Waals surface area (Å²) in [5, 5.41) is 4.64. The third kappa shape index (κ3) is 1.69. The van der Waals surface area contributed by atoms with Gasteiger partial charge in [0, 0.05) is 11.7 Å². The Morgan fingerprint density at radius 1 is 1.53 bits per heavy atom. The largest absolute Gasteiger partial charge is 0.330 e. The van der Waals surface area contributed by atoms with Crippen molar-refractivity contribution in [1.82, 2.24) is 9.78 Å². The SMILES string of the molecule is Cc1nn(C(C)C)c2c1C(CCN)CC2. The number of hydrogen-bond acceptors (Lipinski definition) is 2. The number of aromatic nitrogens is 2. The molecule has 0 amide bonds. The number of fused-ring (bicyclic) bond motifs is 1. The van der Waals surface area contributed by atoms with E-state index in [2.05, 4.69) is 30.6 Å². The van der Waals surface area contributed by atoms with Crippen LogP contribution in [0.15, 0.2) is 0 Å². The molecule has 2 rings (SSSR count). The average Bonchev–Trinajstić information content (AvgIpc) is 2.70. The predicted octanol–water partition coefficient (Wildman–Crippen LogP) is 2.15. The third-order valence-electron chi connectivity index (χ3n) is 3.38. The molecule has 0 radical (unpaired) electrons. The lowest BCUT2D eigenvalue weighted by Gasteiger charge is -2.08. The molecule has 1 aromatic heterocycles. The summed E-state index contributed by atoms with van der Waals surface area (Å²) in [6, 6.07) is 0.476. The number of hydrogen-bond donors (Lipinski definition) is 1. The zero-order valence-corrected chi connectivity index (χ0v) is 9.95. The van der Waals surface area contributed by atoms with Gasteiger partial charge in [0.25, 0.3) is 0 Å². The monoisotopic (exact) mass is 207 g/mol. The van der Waals surface area contributed by atoms with Gasteiger partial charge in [-0.2, -0.15) is 5.10 Å². The van der Waals surface area contributed by atoms with Crippen LogP contribution in [0.25, 0.3) is 0 Å². The molecule has 1 unspecified atom stereocenters. The van der Waals surface area contributed by atoms with E-state index in [-0.39, 0.29) is 0 Å². The molecular formula is C12H21N3. The molecule has 0 aromatic carbocycles. The van der Waals surface area contributed by atoms with Crippen molar-refractivity contribution >= 4 is 0 Å². The van der Waals surface area contributed by atoms with Gasteiger partial charge in [-0.05, 0) is 58.1 Å².